The van der Waals surface area contributed by atoms with Crippen LogP contribution in [0.25, 0.3) is 0 Å². The van der Waals surface area contributed by atoms with Gasteiger partial charge in [-0.1, -0.05) is 42.5 Å². The van der Waals surface area contributed by atoms with Crippen molar-refractivity contribution in [2.45, 2.75) is 6.04 Å². The van der Waals surface area contributed by atoms with Crippen molar-refractivity contribution in [2.24, 2.45) is 0 Å². The number of rotatable bonds is 8. The van der Waals surface area contributed by atoms with Crippen molar-refractivity contribution >= 4 is 11.6 Å². The molecular weight excluding hydrogens is 364 g/mol. The summed E-state index contributed by atoms with van der Waals surface area (Å²) >= 11 is 0. The zero-order valence-corrected chi connectivity index (χ0v) is 17.0. The number of nitrogens with one attached hydrogen (secondary N) is 1. The Balaban J connectivity index is 1.80. The number of likely N-dealkylation sites (N-methyl/N-ethyl adjacent to an activating group) is 1. The predicted octanol–water partition coefficient (Wildman–Crippen LogP) is 4.05. The molecule has 0 bridgehead atoms. The first-order valence-electron chi connectivity index (χ1n) is 9.44. The van der Waals surface area contributed by atoms with E-state index >= 15 is 0 Å². The Morgan fingerprint density at radius 3 is 1.76 bits per heavy atom. The van der Waals surface area contributed by atoms with Gasteiger partial charge in [0.2, 0.25) is 5.91 Å². The van der Waals surface area contributed by atoms with Gasteiger partial charge in [0.05, 0.1) is 26.8 Å². The first-order chi connectivity index (χ1) is 14.1. The van der Waals surface area contributed by atoms with E-state index in [-0.39, 0.29) is 18.5 Å². The fourth-order valence-corrected chi connectivity index (χ4v) is 3.15. The maximum Gasteiger partial charge on any atom is 0.240 e. The van der Waals surface area contributed by atoms with Crippen molar-refractivity contribution in [3.8, 4) is 11.5 Å². The maximum atomic E-state index is 12.8. The zero-order valence-electron chi connectivity index (χ0n) is 17.0. The van der Waals surface area contributed by atoms with Gasteiger partial charge in [-0.15, -0.1) is 0 Å². The molecular formula is C24H26N2O3. The van der Waals surface area contributed by atoms with Gasteiger partial charge in [0.15, 0.2) is 0 Å². The van der Waals surface area contributed by atoms with Gasteiger partial charge in [-0.2, -0.15) is 0 Å². The number of para-hydroxylation sites is 1. The summed E-state index contributed by atoms with van der Waals surface area (Å²) in [6, 6.07) is 25.0. The topological polar surface area (TPSA) is 50.8 Å². The van der Waals surface area contributed by atoms with Gasteiger partial charge in [-0.25, -0.2) is 0 Å². The second-order valence-electron chi connectivity index (χ2n) is 6.74. The molecule has 0 aliphatic carbocycles. The molecule has 1 N–H and O–H groups in total. The molecule has 0 radical (unpaired) electrons. The van der Waals surface area contributed by atoms with E-state index in [1.807, 2.05) is 90.8 Å². The predicted molar refractivity (Wildman–Crippen MR) is 116 cm³/mol. The number of carbonyl (C=O) groups is 1. The standard InChI is InChI=1S/C24H26N2O3/c1-26(20-7-5-4-6-8-20)17-23(27)25-24(18-9-13-21(28-2)14-10-18)19-11-15-22(29-3)16-12-19/h4-16,24H,17H2,1-3H3,(H,25,27). The molecule has 0 saturated carbocycles. The third-order valence-electron chi connectivity index (χ3n) is 4.78. The van der Waals surface area contributed by atoms with Gasteiger partial charge in [0.25, 0.3) is 0 Å². The highest BCUT2D eigenvalue weighted by molar-refractivity contribution is 5.82. The lowest BCUT2D eigenvalue weighted by atomic mass is 9.98. The van der Waals surface area contributed by atoms with Gasteiger partial charge < -0.3 is 19.7 Å². The maximum absolute atomic E-state index is 12.8. The summed E-state index contributed by atoms with van der Waals surface area (Å²) in [6.45, 7) is 0.257. The number of anilines is 1. The minimum absolute atomic E-state index is 0.0620. The van der Waals surface area contributed by atoms with E-state index in [1.165, 1.54) is 0 Å². The number of ether oxygens (including phenoxy) is 2. The van der Waals surface area contributed by atoms with Crippen LogP contribution < -0.4 is 19.7 Å². The molecule has 3 aromatic carbocycles. The van der Waals surface area contributed by atoms with Gasteiger partial charge in [0.1, 0.15) is 11.5 Å². The van der Waals surface area contributed by atoms with Crippen LogP contribution in [0.5, 0.6) is 11.5 Å². The quantitative estimate of drug-likeness (QED) is 0.631. The Morgan fingerprint density at radius 2 is 1.31 bits per heavy atom. The van der Waals surface area contributed by atoms with Crippen molar-refractivity contribution in [3.63, 3.8) is 0 Å². The zero-order chi connectivity index (χ0) is 20.6. The van der Waals surface area contributed by atoms with Gasteiger partial charge >= 0.3 is 0 Å². The highest BCUT2D eigenvalue weighted by atomic mass is 16.5. The number of amides is 1. The molecule has 0 unspecified atom stereocenters. The Bertz CT molecular complexity index is 862. The molecule has 3 aromatic rings. The fraction of sp³-hybridized carbons (Fsp3) is 0.208. The van der Waals surface area contributed by atoms with Crippen LogP contribution in [-0.2, 0) is 4.79 Å². The van der Waals surface area contributed by atoms with Crippen LogP contribution in [-0.4, -0.2) is 33.7 Å². The molecule has 1 amide bonds. The molecule has 5 nitrogen and oxygen atoms in total. The summed E-state index contributed by atoms with van der Waals surface area (Å²) in [7, 11) is 5.18. The number of carbonyl (C=O) groups excluding carboxylic acids is 1. The molecule has 29 heavy (non-hydrogen) atoms. The van der Waals surface area contributed by atoms with Crippen molar-refractivity contribution in [1.82, 2.24) is 5.32 Å². The highest BCUT2D eigenvalue weighted by Crippen LogP contribution is 2.26. The molecule has 3 rings (SSSR count). The van der Waals surface area contributed by atoms with E-state index in [9.17, 15) is 4.79 Å². The first-order valence-corrected chi connectivity index (χ1v) is 9.44. The lowest BCUT2D eigenvalue weighted by Crippen LogP contribution is -2.37. The molecule has 150 valence electrons. The fourth-order valence-electron chi connectivity index (χ4n) is 3.15. The third kappa shape index (κ3) is 5.29. The van der Waals surface area contributed by atoms with Crippen LogP contribution in [0.3, 0.4) is 0 Å². The highest BCUT2D eigenvalue weighted by Gasteiger charge is 2.18. The first kappa shape index (κ1) is 20.3. The van der Waals surface area contributed by atoms with Crippen LogP contribution in [0.4, 0.5) is 5.69 Å². The van der Waals surface area contributed by atoms with Crippen LogP contribution in [0.15, 0.2) is 78.9 Å². The minimum atomic E-state index is -0.275. The Hall–Kier alpha value is -3.47. The van der Waals surface area contributed by atoms with E-state index in [0.29, 0.717) is 0 Å². The molecule has 5 heteroatoms. The molecule has 0 aromatic heterocycles. The van der Waals surface area contributed by atoms with Gasteiger partial charge in [-0.05, 0) is 47.5 Å². The van der Waals surface area contributed by atoms with Crippen LogP contribution in [0.1, 0.15) is 17.2 Å². The van der Waals surface area contributed by atoms with Gasteiger partial charge in [0, 0.05) is 12.7 Å². The SMILES string of the molecule is COc1ccc(C(NC(=O)CN(C)c2ccccc2)c2ccc(OC)cc2)cc1. The molecule has 0 fully saturated rings. The molecule has 0 aliphatic heterocycles. The van der Waals surface area contributed by atoms with Crippen LogP contribution >= 0.6 is 0 Å². The van der Waals surface area contributed by atoms with Crippen molar-refractivity contribution in [3.05, 3.63) is 90.0 Å². The van der Waals surface area contributed by atoms with E-state index in [4.69, 9.17) is 9.47 Å². The lowest BCUT2D eigenvalue weighted by Gasteiger charge is -2.23. The second kappa shape index (κ2) is 9.64. The van der Waals surface area contributed by atoms with E-state index in [0.717, 1.165) is 28.3 Å². The number of hydrogen-bond donors (Lipinski definition) is 1. The molecule has 0 saturated heterocycles. The average molecular weight is 390 g/mol. The van der Waals surface area contributed by atoms with Crippen molar-refractivity contribution in [1.29, 1.82) is 0 Å². The molecule has 0 aliphatic rings. The summed E-state index contributed by atoms with van der Waals surface area (Å²) in [6.07, 6.45) is 0. The van der Waals surface area contributed by atoms with E-state index in [2.05, 4.69) is 5.32 Å². The summed E-state index contributed by atoms with van der Waals surface area (Å²) in [5.74, 6) is 1.49. The smallest absolute Gasteiger partial charge is 0.240 e. The van der Waals surface area contributed by atoms with E-state index in [1.54, 1.807) is 14.2 Å². The second-order valence-corrected chi connectivity index (χ2v) is 6.74. The minimum Gasteiger partial charge on any atom is -0.497 e. The Morgan fingerprint density at radius 1 is 0.828 bits per heavy atom. The van der Waals surface area contributed by atoms with Crippen LogP contribution in [0, 0.1) is 0 Å². The average Bonchev–Trinajstić information content (AvgIpc) is 2.78. The number of methoxy groups -OCH3 is 2. The summed E-state index contributed by atoms with van der Waals surface area (Å²) in [4.78, 5) is 14.8. The molecule has 0 spiro atoms. The lowest BCUT2D eigenvalue weighted by molar-refractivity contribution is -0.120. The monoisotopic (exact) mass is 390 g/mol. The Kier molecular flexibility index (Phi) is 6.74. The summed E-state index contributed by atoms with van der Waals surface area (Å²) < 4.78 is 10.5. The molecule has 0 heterocycles. The van der Waals surface area contributed by atoms with Crippen molar-refractivity contribution < 1.29 is 14.3 Å². The number of hydrogen-bond acceptors (Lipinski definition) is 4. The summed E-state index contributed by atoms with van der Waals surface area (Å²) in [5, 5.41) is 3.16. The van der Waals surface area contributed by atoms with Crippen LogP contribution in [0.2, 0.25) is 0 Å². The normalized spacial score (nSPS) is 10.5. The summed E-state index contributed by atoms with van der Waals surface area (Å²) in [5.41, 5.74) is 2.95. The largest absolute Gasteiger partial charge is 0.497 e. The third-order valence-corrected chi connectivity index (χ3v) is 4.78. The number of nitrogens with zero attached hydrogens (tertiary/aromatic N) is 1. The molecule has 0 atom stereocenters. The van der Waals surface area contributed by atoms with E-state index < -0.39 is 0 Å². The van der Waals surface area contributed by atoms with Gasteiger partial charge in [-0.3, -0.25) is 4.79 Å². The van der Waals surface area contributed by atoms with Crippen molar-refractivity contribution in [2.75, 3.05) is 32.7 Å². The number of benzene rings is 3. The Labute approximate surface area is 171 Å².